The predicted molar refractivity (Wildman–Crippen MR) is 77.9 cm³/mol. The number of para-hydroxylation sites is 1. The molecule has 0 aliphatic heterocycles. The van der Waals surface area contributed by atoms with Crippen LogP contribution in [-0.2, 0) is 11.2 Å². The molecule has 0 spiro atoms. The molecule has 1 atom stereocenters. The number of benzene rings is 2. The second kappa shape index (κ2) is 7.08. The molecule has 2 rings (SSSR count). The topological polar surface area (TPSA) is 85.2 Å². The van der Waals surface area contributed by atoms with Gasteiger partial charge in [0.05, 0.1) is 12.5 Å². The first-order valence-electron chi connectivity index (χ1n) is 6.46. The van der Waals surface area contributed by atoms with Gasteiger partial charge in [0, 0.05) is 5.56 Å². The van der Waals surface area contributed by atoms with Crippen LogP contribution in [0.1, 0.15) is 17.2 Å². The highest BCUT2D eigenvalue weighted by atomic mass is 16.3. The van der Waals surface area contributed by atoms with Crippen LogP contribution in [0.3, 0.4) is 0 Å². The van der Waals surface area contributed by atoms with E-state index in [2.05, 4.69) is 10.9 Å². The number of rotatable bonds is 5. The molecule has 3 N–H and O–H groups in total. The van der Waals surface area contributed by atoms with Crippen LogP contribution < -0.4 is 10.9 Å². The van der Waals surface area contributed by atoms with Gasteiger partial charge in [-0.05, 0) is 11.6 Å². The van der Waals surface area contributed by atoms with Crippen molar-refractivity contribution >= 4 is 5.91 Å². The van der Waals surface area contributed by atoms with Gasteiger partial charge in [0.25, 0.3) is 0 Å². The van der Waals surface area contributed by atoms with Gasteiger partial charge >= 0.3 is 0 Å². The maximum Gasteiger partial charge on any atom is 0.238 e. The van der Waals surface area contributed by atoms with Gasteiger partial charge < -0.3 is 5.11 Å². The highest BCUT2D eigenvalue weighted by Crippen LogP contribution is 2.22. The van der Waals surface area contributed by atoms with Gasteiger partial charge in [0.1, 0.15) is 11.8 Å². The first-order chi connectivity index (χ1) is 10.2. The second-order valence-electron chi connectivity index (χ2n) is 4.48. The summed E-state index contributed by atoms with van der Waals surface area (Å²) in [6.45, 7) is 0. The number of carbonyl (C=O) groups is 1. The molecule has 0 bridgehead atoms. The summed E-state index contributed by atoms with van der Waals surface area (Å²) in [7, 11) is 0. The normalized spacial score (nSPS) is 11.4. The third-order valence-corrected chi connectivity index (χ3v) is 2.94. The van der Waals surface area contributed by atoms with Crippen LogP contribution in [0.2, 0.25) is 0 Å². The molecule has 106 valence electrons. The second-order valence-corrected chi connectivity index (χ2v) is 4.48. The minimum absolute atomic E-state index is 0.00820. The lowest BCUT2D eigenvalue weighted by Gasteiger charge is -2.14. The molecular weight excluding hydrogens is 266 g/mol. The zero-order valence-electron chi connectivity index (χ0n) is 11.3. The van der Waals surface area contributed by atoms with E-state index in [4.69, 9.17) is 5.26 Å². The molecule has 0 fully saturated rings. The van der Waals surface area contributed by atoms with Crippen LogP contribution in [0.15, 0.2) is 54.6 Å². The Balaban J connectivity index is 1.94. The number of aromatic hydroxyl groups is 1. The van der Waals surface area contributed by atoms with E-state index in [0.29, 0.717) is 5.56 Å². The molecule has 2 aromatic carbocycles. The molecule has 0 aliphatic carbocycles. The SMILES string of the molecule is N#C[C@H](NNC(=O)Cc1ccccc1)c1ccccc1O. The van der Waals surface area contributed by atoms with Crippen LogP contribution in [0.5, 0.6) is 5.75 Å². The van der Waals surface area contributed by atoms with Crippen molar-refractivity contribution in [1.29, 1.82) is 5.26 Å². The Hall–Kier alpha value is -2.84. The zero-order valence-corrected chi connectivity index (χ0v) is 11.3. The van der Waals surface area contributed by atoms with E-state index in [0.717, 1.165) is 5.56 Å². The van der Waals surface area contributed by atoms with Gasteiger partial charge in [-0.15, -0.1) is 0 Å². The summed E-state index contributed by atoms with van der Waals surface area (Å²) in [5, 5.41) is 18.8. The molecule has 0 unspecified atom stereocenters. The molecule has 0 aliphatic rings. The van der Waals surface area contributed by atoms with Gasteiger partial charge in [-0.3, -0.25) is 10.2 Å². The number of amides is 1. The number of nitrogens with zero attached hydrogens (tertiary/aromatic N) is 1. The number of phenolic OH excluding ortho intramolecular Hbond substituents is 1. The quantitative estimate of drug-likeness (QED) is 0.730. The fourth-order valence-electron chi connectivity index (χ4n) is 1.89. The van der Waals surface area contributed by atoms with Crippen molar-refractivity contribution in [2.75, 3.05) is 0 Å². The summed E-state index contributed by atoms with van der Waals surface area (Å²) >= 11 is 0. The van der Waals surface area contributed by atoms with E-state index in [1.54, 1.807) is 18.2 Å². The molecule has 0 radical (unpaired) electrons. The highest BCUT2D eigenvalue weighted by Gasteiger charge is 2.14. The van der Waals surface area contributed by atoms with Gasteiger partial charge in [-0.25, -0.2) is 5.43 Å². The van der Waals surface area contributed by atoms with E-state index in [9.17, 15) is 9.90 Å². The maximum absolute atomic E-state index is 11.8. The molecule has 0 saturated heterocycles. The number of nitriles is 1. The number of hydrazine groups is 1. The van der Waals surface area contributed by atoms with Gasteiger partial charge in [0.2, 0.25) is 5.91 Å². The van der Waals surface area contributed by atoms with Crippen LogP contribution in [0, 0.1) is 11.3 Å². The van der Waals surface area contributed by atoms with Crippen molar-refractivity contribution in [3.8, 4) is 11.8 Å². The smallest absolute Gasteiger partial charge is 0.238 e. The Kier molecular flexibility index (Phi) is 4.91. The third kappa shape index (κ3) is 4.06. The Morgan fingerprint density at radius 2 is 1.81 bits per heavy atom. The lowest BCUT2D eigenvalue weighted by Crippen LogP contribution is -2.40. The molecule has 0 heterocycles. The van der Waals surface area contributed by atoms with Crippen molar-refractivity contribution in [3.63, 3.8) is 0 Å². The maximum atomic E-state index is 11.8. The summed E-state index contributed by atoms with van der Waals surface area (Å²) in [4.78, 5) is 11.8. The average Bonchev–Trinajstić information content (AvgIpc) is 2.50. The van der Waals surface area contributed by atoms with E-state index in [1.165, 1.54) is 6.07 Å². The molecular formula is C16H15N3O2. The Labute approximate surface area is 122 Å². The van der Waals surface area contributed by atoms with Crippen LogP contribution in [-0.4, -0.2) is 11.0 Å². The van der Waals surface area contributed by atoms with Gasteiger partial charge in [-0.1, -0.05) is 48.5 Å². The Bertz CT molecular complexity index is 650. The van der Waals surface area contributed by atoms with Crippen molar-refractivity contribution in [2.24, 2.45) is 0 Å². The van der Waals surface area contributed by atoms with E-state index >= 15 is 0 Å². The number of nitrogens with one attached hydrogen (secondary N) is 2. The fourth-order valence-corrected chi connectivity index (χ4v) is 1.89. The van der Waals surface area contributed by atoms with Crippen molar-refractivity contribution in [3.05, 3.63) is 65.7 Å². The van der Waals surface area contributed by atoms with Gasteiger partial charge in [-0.2, -0.15) is 5.26 Å². The Morgan fingerprint density at radius 3 is 2.48 bits per heavy atom. The van der Waals surface area contributed by atoms with E-state index < -0.39 is 6.04 Å². The number of phenols is 1. The summed E-state index contributed by atoms with van der Waals surface area (Å²) in [6.07, 6.45) is 0.215. The summed E-state index contributed by atoms with van der Waals surface area (Å²) in [5.74, 6) is -0.245. The molecule has 2 aromatic rings. The molecule has 0 saturated carbocycles. The highest BCUT2D eigenvalue weighted by molar-refractivity contribution is 5.78. The fraction of sp³-hybridized carbons (Fsp3) is 0.125. The summed E-state index contributed by atoms with van der Waals surface area (Å²) in [6, 6.07) is 17.0. The van der Waals surface area contributed by atoms with Crippen molar-refractivity contribution in [2.45, 2.75) is 12.5 Å². The lowest BCUT2D eigenvalue weighted by atomic mass is 10.1. The predicted octanol–water partition coefficient (Wildman–Crippen LogP) is 1.82. The van der Waals surface area contributed by atoms with Gasteiger partial charge in [0.15, 0.2) is 0 Å². The van der Waals surface area contributed by atoms with Crippen molar-refractivity contribution < 1.29 is 9.90 Å². The van der Waals surface area contributed by atoms with E-state index in [1.807, 2.05) is 36.4 Å². The minimum atomic E-state index is -0.814. The molecule has 0 aromatic heterocycles. The molecule has 5 nitrogen and oxygen atoms in total. The number of carbonyl (C=O) groups excluding carboxylic acids is 1. The van der Waals surface area contributed by atoms with Crippen LogP contribution >= 0.6 is 0 Å². The number of hydrogen-bond acceptors (Lipinski definition) is 4. The van der Waals surface area contributed by atoms with Crippen LogP contribution in [0.4, 0.5) is 0 Å². The molecule has 1 amide bonds. The molecule has 21 heavy (non-hydrogen) atoms. The standard InChI is InChI=1S/C16H15N3O2/c17-11-14(13-8-4-5-9-15(13)20)18-19-16(21)10-12-6-2-1-3-7-12/h1-9,14,18,20H,10H2,(H,19,21)/t14-/m0/s1. The monoisotopic (exact) mass is 281 g/mol. The minimum Gasteiger partial charge on any atom is -0.508 e. The van der Waals surface area contributed by atoms with Crippen LogP contribution in [0.25, 0.3) is 0 Å². The third-order valence-electron chi connectivity index (χ3n) is 2.94. The lowest BCUT2D eigenvalue weighted by molar-refractivity contribution is -0.121. The summed E-state index contributed by atoms with van der Waals surface area (Å²) in [5.41, 5.74) is 6.41. The molecule has 5 heteroatoms. The summed E-state index contributed by atoms with van der Waals surface area (Å²) < 4.78 is 0. The first-order valence-corrected chi connectivity index (χ1v) is 6.46. The van der Waals surface area contributed by atoms with Crippen molar-refractivity contribution in [1.82, 2.24) is 10.9 Å². The first kappa shape index (κ1) is 14.6. The zero-order chi connectivity index (χ0) is 15.1. The van der Waals surface area contributed by atoms with E-state index in [-0.39, 0.29) is 18.1 Å². The number of hydrogen-bond donors (Lipinski definition) is 3. The average molecular weight is 281 g/mol. The largest absolute Gasteiger partial charge is 0.508 e. The Morgan fingerprint density at radius 1 is 1.14 bits per heavy atom.